The first kappa shape index (κ1) is 18.1. The molecule has 1 aromatic rings. The predicted molar refractivity (Wildman–Crippen MR) is 81.0 cm³/mol. The van der Waals surface area contributed by atoms with E-state index in [1.165, 1.54) is 31.3 Å². The summed E-state index contributed by atoms with van der Waals surface area (Å²) in [6, 6.07) is 5.06. The van der Waals surface area contributed by atoms with E-state index < -0.39 is 20.0 Å². The van der Waals surface area contributed by atoms with Gasteiger partial charge in [0.2, 0.25) is 20.0 Å². The Balaban J connectivity index is 2.86. The highest BCUT2D eigenvalue weighted by molar-refractivity contribution is 7.90. The van der Waals surface area contributed by atoms with E-state index in [0.29, 0.717) is 0 Å². The van der Waals surface area contributed by atoms with Crippen LogP contribution in [0.2, 0.25) is 0 Å². The minimum atomic E-state index is -3.65. The lowest BCUT2D eigenvalue weighted by Gasteiger charge is -2.13. The molecule has 0 bridgehead atoms. The first-order valence-electron chi connectivity index (χ1n) is 6.49. The Morgan fingerprint density at radius 3 is 1.90 bits per heavy atom. The summed E-state index contributed by atoms with van der Waals surface area (Å²) < 4.78 is 51.9. The van der Waals surface area contributed by atoms with Crippen LogP contribution in [0.4, 0.5) is 0 Å². The Bertz CT molecular complexity index is 654. The molecule has 0 fully saturated rings. The van der Waals surface area contributed by atoms with Gasteiger partial charge in [0.15, 0.2) is 0 Å². The van der Waals surface area contributed by atoms with Crippen molar-refractivity contribution >= 4 is 20.0 Å². The molecule has 1 atom stereocenters. The van der Waals surface area contributed by atoms with Crippen molar-refractivity contribution in [2.45, 2.75) is 29.7 Å². The second-order valence-corrected chi connectivity index (χ2v) is 8.14. The molecular weight excluding hydrogens is 314 g/mol. The zero-order valence-electron chi connectivity index (χ0n) is 12.3. The third-order valence-electron chi connectivity index (χ3n) is 2.85. The molecule has 0 saturated carbocycles. The number of sulfonamides is 2. The molecule has 0 aromatic heterocycles. The number of hydrogen-bond donors (Lipinski definition) is 3. The van der Waals surface area contributed by atoms with Gasteiger partial charge in [-0.25, -0.2) is 26.3 Å². The first-order chi connectivity index (χ1) is 9.73. The van der Waals surface area contributed by atoms with Crippen molar-refractivity contribution in [2.75, 3.05) is 20.1 Å². The van der Waals surface area contributed by atoms with E-state index in [9.17, 15) is 16.8 Å². The van der Waals surface area contributed by atoms with Gasteiger partial charge in [-0.1, -0.05) is 6.92 Å². The van der Waals surface area contributed by atoms with Crippen LogP contribution in [0.15, 0.2) is 34.1 Å². The largest absolute Gasteiger partial charge is 0.313 e. The molecule has 0 heterocycles. The summed E-state index contributed by atoms with van der Waals surface area (Å²) >= 11 is 0. The van der Waals surface area contributed by atoms with E-state index in [0.717, 1.165) is 6.54 Å². The van der Waals surface area contributed by atoms with Crippen LogP contribution in [-0.4, -0.2) is 43.0 Å². The average Bonchev–Trinajstić information content (AvgIpc) is 2.46. The predicted octanol–water partition coefficient (Wildman–Crippen LogP) is -0.129. The average molecular weight is 335 g/mol. The molecule has 7 nitrogen and oxygen atoms in total. The van der Waals surface area contributed by atoms with Crippen molar-refractivity contribution in [1.29, 1.82) is 0 Å². The summed E-state index contributed by atoms with van der Waals surface area (Å²) in [5.41, 5.74) is 0. The topological polar surface area (TPSA) is 104 Å². The lowest BCUT2D eigenvalue weighted by Crippen LogP contribution is -2.38. The van der Waals surface area contributed by atoms with Gasteiger partial charge in [0.05, 0.1) is 9.79 Å². The normalized spacial score (nSPS) is 14.0. The van der Waals surface area contributed by atoms with E-state index in [2.05, 4.69) is 14.8 Å². The van der Waals surface area contributed by atoms with Crippen molar-refractivity contribution in [3.63, 3.8) is 0 Å². The second-order valence-electron chi connectivity index (χ2n) is 4.49. The zero-order chi connectivity index (χ0) is 16.1. The van der Waals surface area contributed by atoms with Crippen LogP contribution in [0.3, 0.4) is 0 Å². The summed E-state index contributed by atoms with van der Waals surface area (Å²) in [6.07, 6.45) is 0. The highest BCUT2D eigenvalue weighted by Crippen LogP contribution is 2.14. The van der Waals surface area contributed by atoms with E-state index >= 15 is 0 Å². The molecule has 9 heteroatoms. The van der Waals surface area contributed by atoms with Gasteiger partial charge in [-0.2, -0.15) is 0 Å². The summed E-state index contributed by atoms with van der Waals surface area (Å²) in [5, 5.41) is 3.09. The molecule has 0 saturated heterocycles. The van der Waals surface area contributed by atoms with Crippen LogP contribution in [0.1, 0.15) is 13.8 Å². The van der Waals surface area contributed by atoms with E-state index in [1.807, 2.05) is 13.8 Å². The van der Waals surface area contributed by atoms with E-state index in [4.69, 9.17) is 0 Å². The Morgan fingerprint density at radius 2 is 1.48 bits per heavy atom. The fraction of sp³-hybridized carbons (Fsp3) is 0.500. The van der Waals surface area contributed by atoms with Crippen LogP contribution < -0.4 is 14.8 Å². The van der Waals surface area contributed by atoms with Crippen molar-refractivity contribution in [3.8, 4) is 0 Å². The van der Waals surface area contributed by atoms with Gasteiger partial charge < -0.3 is 5.32 Å². The molecule has 0 aliphatic carbocycles. The SMILES string of the molecule is CCN[C@H](C)CNS(=O)(=O)c1ccc(S(=O)(=O)NC)cc1. The zero-order valence-corrected chi connectivity index (χ0v) is 13.9. The highest BCUT2D eigenvalue weighted by Gasteiger charge is 2.17. The maximum Gasteiger partial charge on any atom is 0.240 e. The summed E-state index contributed by atoms with van der Waals surface area (Å²) in [4.78, 5) is 0.0474. The van der Waals surface area contributed by atoms with Crippen LogP contribution in [-0.2, 0) is 20.0 Å². The summed E-state index contributed by atoms with van der Waals surface area (Å²) in [6.45, 7) is 4.81. The third-order valence-corrected chi connectivity index (χ3v) is 5.71. The highest BCUT2D eigenvalue weighted by atomic mass is 32.2. The van der Waals surface area contributed by atoms with Crippen LogP contribution in [0.5, 0.6) is 0 Å². The van der Waals surface area contributed by atoms with E-state index in [-0.39, 0.29) is 22.4 Å². The second kappa shape index (κ2) is 7.32. The molecule has 0 amide bonds. The molecule has 3 N–H and O–H groups in total. The lowest BCUT2D eigenvalue weighted by atomic mass is 10.3. The van der Waals surface area contributed by atoms with Crippen molar-refractivity contribution < 1.29 is 16.8 Å². The lowest BCUT2D eigenvalue weighted by molar-refractivity contribution is 0.536. The third kappa shape index (κ3) is 5.04. The molecule has 0 aliphatic heterocycles. The number of nitrogens with one attached hydrogen (secondary N) is 3. The maximum atomic E-state index is 12.1. The standard InChI is InChI=1S/C12H21N3O4S2/c1-4-14-10(2)9-15-21(18,19)12-7-5-11(6-8-12)20(16,17)13-3/h5-8,10,13-15H,4,9H2,1-3H3/t10-/m1/s1. The molecule has 0 unspecified atom stereocenters. The first-order valence-corrected chi connectivity index (χ1v) is 9.46. The molecular formula is C12H21N3O4S2. The maximum absolute atomic E-state index is 12.1. The van der Waals surface area contributed by atoms with Crippen LogP contribution in [0.25, 0.3) is 0 Å². The van der Waals surface area contributed by atoms with Gasteiger partial charge in [0.25, 0.3) is 0 Å². The molecule has 1 rings (SSSR count). The monoisotopic (exact) mass is 335 g/mol. The van der Waals surface area contributed by atoms with Gasteiger partial charge in [-0.05, 0) is 44.8 Å². The number of likely N-dealkylation sites (N-methyl/N-ethyl adjacent to an activating group) is 1. The number of benzene rings is 1. The quantitative estimate of drug-likeness (QED) is 0.614. The van der Waals surface area contributed by atoms with Gasteiger partial charge in [0, 0.05) is 12.6 Å². The fourth-order valence-electron chi connectivity index (χ4n) is 1.65. The van der Waals surface area contributed by atoms with Crippen molar-refractivity contribution in [1.82, 2.24) is 14.8 Å². The molecule has 21 heavy (non-hydrogen) atoms. The summed E-state index contributed by atoms with van der Waals surface area (Å²) in [5.74, 6) is 0. The smallest absolute Gasteiger partial charge is 0.240 e. The Morgan fingerprint density at radius 1 is 1.00 bits per heavy atom. The van der Waals surface area contributed by atoms with Gasteiger partial charge in [-0.15, -0.1) is 0 Å². The van der Waals surface area contributed by atoms with Crippen LogP contribution >= 0.6 is 0 Å². The Hall–Kier alpha value is -1.00. The van der Waals surface area contributed by atoms with Crippen LogP contribution in [0, 0.1) is 0 Å². The number of rotatable bonds is 8. The summed E-state index contributed by atoms with van der Waals surface area (Å²) in [7, 11) is -5.92. The Labute approximate surface area is 126 Å². The number of hydrogen-bond acceptors (Lipinski definition) is 5. The fourth-order valence-corrected chi connectivity index (χ4v) is 3.52. The Kier molecular flexibility index (Phi) is 6.29. The van der Waals surface area contributed by atoms with Gasteiger partial charge >= 0.3 is 0 Å². The minimum Gasteiger partial charge on any atom is -0.313 e. The van der Waals surface area contributed by atoms with Crippen molar-refractivity contribution in [3.05, 3.63) is 24.3 Å². The van der Waals surface area contributed by atoms with Gasteiger partial charge in [0.1, 0.15) is 0 Å². The van der Waals surface area contributed by atoms with Gasteiger partial charge in [-0.3, -0.25) is 0 Å². The molecule has 0 spiro atoms. The molecule has 120 valence electrons. The molecule has 1 aromatic carbocycles. The molecule has 0 aliphatic rings. The van der Waals surface area contributed by atoms with E-state index in [1.54, 1.807) is 0 Å². The minimum absolute atomic E-state index is 0.00807. The van der Waals surface area contributed by atoms with Crippen molar-refractivity contribution in [2.24, 2.45) is 0 Å². The molecule has 0 radical (unpaired) electrons.